The summed E-state index contributed by atoms with van der Waals surface area (Å²) in [6.07, 6.45) is 8.06. The summed E-state index contributed by atoms with van der Waals surface area (Å²) in [5.74, 6) is 0.318. The maximum absolute atomic E-state index is 6.14. The zero-order chi connectivity index (χ0) is 38.1. The molecule has 2 aliphatic carbocycles. The monoisotopic (exact) mass is 731 g/mol. The molecule has 1 aromatic heterocycles. The van der Waals surface area contributed by atoms with Crippen LogP contribution in [-0.4, -0.2) is 0 Å². The van der Waals surface area contributed by atoms with Crippen molar-refractivity contribution >= 4 is 44.1 Å². The molecule has 0 saturated heterocycles. The molecule has 0 bridgehead atoms. The Morgan fingerprint density at radius 2 is 1.19 bits per heavy atom. The Balaban J connectivity index is 0.973. The van der Waals surface area contributed by atoms with Crippen LogP contribution >= 0.6 is 0 Å². The van der Waals surface area contributed by atoms with Crippen LogP contribution < -0.4 is 4.90 Å². The molecule has 0 spiro atoms. The fourth-order valence-corrected chi connectivity index (χ4v) is 9.37. The Morgan fingerprint density at radius 3 is 2.00 bits per heavy atom. The fraction of sp³-hybridized carbons (Fsp3) is 0.0909. The van der Waals surface area contributed by atoms with Crippen molar-refractivity contribution in [2.45, 2.75) is 31.6 Å². The number of rotatable bonds is 6. The van der Waals surface area contributed by atoms with Gasteiger partial charge in [0.25, 0.3) is 0 Å². The third-order valence-corrected chi connectivity index (χ3v) is 12.4. The Kier molecular flexibility index (Phi) is 7.69. The average Bonchev–Trinajstić information content (AvgIpc) is 3.76. The molecule has 0 N–H and O–H groups in total. The Labute approximate surface area is 333 Å². The maximum atomic E-state index is 6.14. The standard InChI is InChI=1S/C55H41NO/c1-55(2)50-32-24-41-12-6-7-13-46(41)54(50)48-31-30-45(35-51(48)55)56(43-26-20-39(21-27-43)38-18-16-37(17-19-38)36-10-4-3-5-11-36)44-28-22-40(23-29-44)42-25-33-53-49(34-42)47-14-8-9-15-52(47)57-53/h3-20,22-35,39H,21H2,1-2H3. The van der Waals surface area contributed by atoms with E-state index in [0.29, 0.717) is 5.92 Å². The zero-order valence-corrected chi connectivity index (χ0v) is 32.1. The van der Waals surface area contributed by atoms with Crippen LogP contribution in [0.4, 0.5) is 11.4 Å². The van der Waals surface area contributed by atoms with E-state index in [9.17, 15) is 0 Å². The highest BCUT2D eigenvalue weighted by atomic mass is 16.3. The highest BCUT2D eigenvalue weighted by Crippen LogP contribution is 2.53. The summed E-state index contributed by atoms with van der Waals surface area (Å²) in [5, 5.41) is 4.90. The second-order valence-electron chi connectivity index (χ2n) is 16.1. The number of hydrogen-bond donors (Lipinski definition) is 0. The first-order valence-electron chi connectivity index (χ1n) is 20.0. The van der Waals surface area contributed by atoms with Crippen molar-refractivity contribution in [3.63, 3.8) is 0 Å². The van der Waals surface area contributed by atoms with E-state index < -0.39 is 0 Å². The molecule has 1 heterocycles. The van der Waals surface area contributed by atoms with E-state index in [0.717, 1.165) is 34.0 Å². The van der Waals surface area contributed by atoms with Gasteiger partial charge in [-0.05, 0) is 116 Å². The summed E-state index contributed by atoms with van der Waals surface area (Å²) in [5.41, 5.74) is 16.8. The minimum atomic E-state index is -0.135. The largest absolute Gasteiger partial charge is 0.456 e. The third kappa shape index (κ3) is 5.55. The highest BCUT2D eigenvalue weighted by Gasteiger charge is 2.37. The van der Waals surface area contributed by atoms with Crippen LogP contribution in [0.25, 0.3) is 66.1 Å². The van der Waals surface area contributed by atoms with E-state index in [4.69, 9.17) is 4.42 Å². The number of benzene rings is 8. The molecular formula is C55H41NO. The second-order valence-corrected chi connectivity index (χ2v) is 16.1. The van der Waals surface area contributed by atoms with Gasteiger partial charge in [0.1, 0.15) is 11.2 Å². The summed E-state index contributed by atoms with van der Waals surface area (Å²) in [4.78, 5) is 2.44. The molecule has 2 aliphatic rings. The topological polar surface area (TPSA) is 16.4 Å². The molecule has 2 nitrogen and oxygen atoms in total. The Hall–Kier alpha value is -6.90. The van der Waals surface area contributed by atoms with Crippen LogP contribution in [0.3, 0.4) is 0 Å². The highest BCUT2D eigenvalue weighted by molar-refractivity contribution is 6.06. The first-order valence-corrected chi connectivity index (χ1v) is 20.0. The van der Waals surface area contributed by atoms with Gasteiger partial charge in [0.05, 0.1) is 0 Å². The number of fused-ring (bicyclic) bond motifs is 8. The molecule has 1 atom stereocenters. The predicted molar refractivity (Wildman–Crippen MR) is 239 cm³/mol. The van der Waals surface area contributed by atoms with Crippen molar-refractivity contribution in [1.82, 2.24) is 0 Å². The first-order chi connectivity index (χ1) is 28.0. The van der Waals surface area contributed by atoms with Gasteiger partial charge in [-0.25, -0.2) is 0 Å². The normalized spacial score (nSPS) is 15.5. The van der Waals surface area contributed by atoms with Crippen molar-refractivity contribution in [2.75, 3.05) is 4.90 Å². The molecule has 2 heteroatoms. The Bertz CT molecular complexity index is 3050. The molecular weight excluding hydrogens is 691 g/mol. The van der Waals surface area contributed by atoms with Crippen molar-refractivity contribution in [3.05, 3.63) is 217 Å². The number of furan rings is 1. The van der Waals surface area contributed by atoms with Gasteiger partial charge in [-0.3, -0.25) is 0 Å². The van der Waals surface area contributed by atoms with Crippen molar-refractivity contribution in [3.8, 4) is 33.4 Å². The second kappa shape index (κ2) is 13.1. The van der Waals surface area contributed by atoms with Crippen LogP contribution in [0.1, 0.15) is 42.9 Å². The Morgan fingerprint density at radius 1 is 0.526 bits per heavy atom. The van der Waals surface area contributed by atoms with Gasteiger partial charge in [0, 0.05) is 39.2 Å². The average molecular weight is 732 g/mol. The molecule has 272 valence electrons. The summed E-state index contributed by atoms with van der Waals surface area (Å²) < 4.78 is 6.14. The lowest BCUT2D eigenvalue weighted by molar-refractivity contribution is 0.661. The van der Waals surface area contributed by atoms with Gasteiger partial charge >= 0.3 is 0 Å². The molecule has 0 saturated carbocycles. The van der Waals surface area contributed by atoms with Crippen molar-refractivity contribution in [2.24, 2.45) is 0 Å². The van der Waals surface area contributed by atoms with Gasteiger partial charge in [-0.1, -0.05) is 159 Å². The van der Waals surface area contributed by atoms with E-state index in [1.54, 1.807) is 0 Å². The fourth-order valence-electron chi connectivity index (χ4n) is 9.37. The molecule has 0 amide bonds. The van der Waals surface area contributed by atoms with Crippen molar-refractivity contribution in [1.29, 1.82) is 0 Å². The smallest absolute Gasteiger partial charge is 0.135 e. The quantitative estimate of drug-likeness (QED) is 0.169. The molecule has 0 radical (unpaired) electrons. The number of hydrogen-bond acceptors (Lipinski definition) is 2. The van der Waals surface area contributed by atoms with E-state index >= 15 is 0 Å². The number of para-hydroxylation sites is 1. The van der Waals surface area contributed by atoms with Crippen LogP contribution in [0, 0.1) is 0 Å². The molecule has 9 aromatic rings. The molecule has 1 unspecified atom stereocenters. The van der Waals surface area contributed by atoms with E-state index in [1.807, 2.05) is 12.1 Å². The van der Waals surface area contributed by atoms with E-state index in [2.05, 4.69) is 201 Å². The summed E-state index contributed by atoms with van der Waals surface area (Å²) in [6, 6.07) is 64.1. The van der Waals surface area contributed by atoms with Gasteiger partial charge in [0.2, 0.25) is 0 Å². The van der Waals surface area contributed by atoms with Gasteiger partial charge in [0.15, 0.2) is 0 Å². The van der Waals surface area contributed by atoms with E-state index in [1.165, 1.54) is 72.2 Å². The summed E-state index contributed by atoms with van der Waals surface area (Å²) in [6.45, 7) is 4.76. The molecule has 11 rings (SSSR count). The van der Waals surface area contributed by atoms with Crippen LogP contribution in [0.5, 0.6) is 0 Å². The zero-order valence-electron chi connectivity index (χ0n) is 32.1. The molecule has 57 heavy (non-hydrogen) atoms. The predicted octanol–water partition coefficient (Wildman–Crippen LogP) is 15.1. The van der Waals surface area contributed by atoms with Gasteiger partial charge < -0.3 is 9.32 Å². The van der Waals surface area contributed by atoms with Crippen LogP contribution in [-0.2, 0) is 5.41 Å². The third-order valence-electron chi connectivity index (χ3n) is 12.4. The number of nitrogens with zero attached hydrogens (tertiary/aromatic N) is 1. The minimum Gasteiger partial charge on any atom is -0.456 e. The summed E-state index contributed by atoms with van der Waals surface area (Å²) in [7, 11) is 0. The molecule has 0 aliphatic heterocycles. The lowest BCUT2D eigenvalue weighted by Crippen LogP contribution is -2.19. The minimum absolute atomic E-state index is 0.135. The van der Waals surface area contributed by atoms with Crippen molar-refractivity contribution < 1.29 is 4.42 Å². The van der Waals surface area contributed by atoms with Crippen LogP contribution in [0.15, 0.2) is 204 Å². The van der Waals surface area contributed by atoms with Gasteiger partial charge in [-0.15, -0.1) is 0 Å². The first kappa shape index (κ1) is 33.4. The SMILES string of the molecule is CC1(C)c2cc(N(C3=CCC(c4ccc(-c5ccccc5)cc4)C=C3)c3ccc(-c4ccc5oc6ccccc6c5c4)cc3)ccc2-c2c1ccc1ccccc21. The molecule has 0 fully saturated rings. The summed E-state index contributed by atoms with van der Waals surface area (Å²) >= 11 is 0. The number of allylic oxidation sites excluding steroid dienone is 3. The molecule has 8 aromatic carbocycles. The van der Waals surface area contributed by atoms with Gasteiger partial charge in [-0.2, -0.15) is 0 Å². The van der Waals surface area contributed by atoms with Crippen LogP contribution in [0.2, 0.25) is 0 Å². The lowest BCUT2D eigenvalue weighted by Gasteiger charge is -2.31. The van der Waals surface area contributed by atoms with E-state index in [-0.39, 0.29) is 5.41 Å². The lowest BCUT2D eigenvalue weighted by atomic mass is 9.82. The number of anilines is 2. The maximum Gasteiger partial charge on any atom is 0.135 e.